The molecule has 0 aromatic heterocycles. The van der Waals surface area contributed by atoms with E-state index in [1.54, 1.807) is 34.6 Å². The fourth-order valence-corrected chi connectivity index (χ4v) is 8.40. The van der Waals surface area contributed by atoms with Crippen molar-refractivity contribution in [3.05, 3.63) is 48.6 Å². The van der Waals surface area contributed by atoms with Crippen LogP contribution in [0.2, 0.25) is 0 Å². The number of amides is 2. The van der Waals surface area contributed by atoms with E-state index in [4.69, 9.17) is 4.74 Å². The number of benzene rings is 1. The molecule has 1 aromatic rings. The first-order valence-electron chi connectivity index (χ1n) is 12.4. The maximum absolute atomic E-state index is 14.4. The van der Waals surface area contributed by atoms with E-state index >= 15 is 0 Å². The van der Waals surface area contributed by atoms with Crippen LogP contribution in [0.4, 0.5) is 0 Å². The Labute approximate surface area is 211 Å². The SMILES string of the molecule is C=CCN(C(=O)C1N([C@H](CO)c2ccccc2)C(=O)[C@@H]2[C@H](C(=O)OCC)[C@@H]3CCC12S3)C(C)(C)C. The lowest BCUT2D eigenvalue weighted by molar-refractivity contribution is -0.154. The molecule has 3 fully saturated rings. The summed E-state index contributed by atoms with van der Waals surface area (Å²) in [4.78, 5) is 45.0. The van der Waals surface area contributed by atoms with Crippen molar-refractivity contribution in [2.24, 2.45) is 11.8 Å². The zero-order valence-corrected chi connectivity index (χ0v) is 21.8. The highest BCUT2D eigenvalue weighted by Crippen LogP contribution is 2.67. The van der Waals surface area contributed by atoms with Gasteiger partial charge in [0.05, 0.1) is 35.8 Å². The van der Waals surface area contributed by atoms with Gasteiger partial charge in [-0.25, -0.2) is 0 Å². The van der Waals surface area contributed by atoms with Crippen LogP contribution in [0.3, 0.4) is 0 Å². The Bertz CT molecular complexity index is 993. The molecule has 1 aromatic carbocycles. The lowest BCUT2D eigenvalue weighted by Crippen LogP contribution is -2.59. The number of nitrogens with zero attached hydrogens (tertiary/aromatic N) is 2. The van der Waals surface area contributed by atoms with Gasteiger partial charge in [-0.15, -0.1) is 18.3 Å². The van der Waals surface area contributed by atoms with Gasteiger partial charge in [0, 0.05) is 17.3 Å². The van der Waals surface area contributed by atoms with Crippen LogP contribution < -0.4 is 0 Å². The van der Waals surface area contributed by atoms with Crippen molar-refractivity contribution in [2.75, 3.05) is 19.8 Å². The van der Waals surface area contributed by atoms with E-state index in [1.165, 1.54) is 0 Å². The number of fused-ring (bicyclic) bond motifs is 1. The Hall–Kier alpha value is -2.32. The summed E-state index contributed by atoms with van der Waals surface area (Å²) in [5.41, 5.74) is 0.258. The van der Waals surface area contributed by atoms with Crippen LogP contribution in [0.5, 0.6) is 0 Å². The summed E-state index contributed by atoms with van der Waals surface area (Å²) in [6, 6.07) is 7.82. The number of ether oxygens (including phenoxy) is 1. The first kappa shape index (κ1) is 25.8. The second-order valence-corrected chi connectivity index (χ2v) is 12.2. The Morgan fingerprint density at radius 2 is 2.03 bits per heavy atom. The second-order valence-electron chi connectivity index (χ2n) is 10.6. The molecule has 2 unspecified atom stereocenters. The molecular weight excluding hydrogens is 464 g/mol. The summed E-state index contributed by atoms with van der Waals surface area (Å²) in [5.74, 6) is -2.01. The van der Waals surface area contributed by atoms with Crippen LogP contribution in [0.25, 0.3) is 0 Å². The molecule has 8 heteroatoms. The first-order chi connectivity index (χ1) is 16.6. The summed E-state index contributed by atoms with van der Waals surface area (Å²) >= 11 is 1.61. The number of aliphatic hydroxyl groups is 1. The summed E-state index contributed by atoms with van der Waals surface area (Å²) < 4.78 is 4.66. The van der Waals surface area contributed by atoms with Crippen LogP contribution in [0, 0.1) is 11.8 Å². The minimum absolute atomic E-state index is 0.0488. The Balaban J connectivity index is 1.86. The molecule has 0 radical (unpaired) electrons. The van der Waals surface area contributed by atoms with E-state index in [-0.39, 0.29) is 36.2 Å². The monoisotopic (exact) mass is 500 g/mol. The molecule has 3 aliphatic rings. The van der Waals surface area contributed by atoms with Gasteiger partial charge in [0.25, 0.3) is 0 Å². The van der Waals surface area contributed by atoms with Gasteiger partial charge in [0.1, 0.15) is 6.04 Å². The van der Waals surface area contributed by atoms with E-state index in [1.807, 2.05) is 51.1 Å². The summed E-state index contributed by atoms with van der Waals surface area (Å²) in [7, 11) is 0. The quantitative estimate of drug-likeness (QED) is 0.436. The van der Waals surface area contributed by atoms with Gasteiger partial charge >= 0.3 is 5.97 Å². The Morgan fingerprint density at radius 1 is 1.34 bits per heavy atom. The predicted molar refractivity (Wildman–Crippen MR) is 136 cm³/mol. The van der Waals surface area contributed by atoms with E-state index in [0.717, 1.165) is 12.0 Å². The fourth-order valence-electron chi connectivity index (χ4n) is 6.21. The largest absolute Gasteiger partial charge is 0.466 e. The average Bonchev–Trinajstić information content (AvgIpc) is 3.46. The predicted octanol–water partition coefficient (Wildman–Crippen LogP) is 3.19. The molecule has 2 amide bonds. The molecule has 4 rings (SSSR count). The van der Waals surface area contributed by atoms with Crippen molar-refractivity contribution in [3.63, 3.8) is 0 Å². The van der Waals surface area contributed by atoms with Crippen LogP contribution >= 0.6 is 11.8 Å². The number of esters is 1. The smallest absolute Gasteiger partial charge is 0.310 e. The van der Waals surface area contributed by atoms with Crippen LogP contribution in [0.1, 0.15) is 52.1 Å². The highest BCUT2D eigenvalue weighted by molar-refractivity contribution is 8.02. The normalized spacial score (nSPS) is 30.2. The maximum atomic E-state index is 14.4. The lowest BCUT2D eigenvalue weighted by Gasteiger charge is -2.43. The van der Waals surface area contributed by atoms with Crippen molar-refractivity contribution in [1.29, 1.82) is 0 Å². The fraction of sp³-hybridized carbons (Fsp3) is 0.593. The molecule has 1 spiro atoms. The van der Waals surface area contributed by atoms with Crippen LogP contribution in [-0.2, 0) is 19.1 Å². The third-order valence-electron chi connectivity index (χ3n) is 7.61. The molecule has 35 heavy (non-hydrogen) atoms. The van der Waals surface area contributed by atoms with Gasteiger partial charge < -0.3 is 19.6 Å². The number of hydrogen-bond acceptors (Lipinski definition) is 6. The number of rotatable bonds is 8. The minimum Gasteiger partial charge on any atom is -0.466 e. The molecule has 7 nitrogen and oxygen atoms in total. The molecule has 190 valence electrons. The highest BCUT2D eigenvalue weighted by Gasteiger charge is 2.75. The van der Waals surface area contributed by atoms with E-state index in [2.05, 4.69) is 6.58 Å². The van der Waals surface area contributed by atoms with E-state index in [0.29, 0.717) is 13.0 Å². The van der Waals surface area contributed by atoms with Crippen molar-refractivity contribution in [1.82, 2.24) is 9.80 Å². The maximum Gasteiger partial charge on any atom is 0.310 e. The molecule has 6 atom stereocenters. The minimum atomic E-state index is -0.800. The van der Waals surface area contributed by atoms with Gasteiger partial charge in [-0.1, -0.05) is 36.4 Å². The summed E-state index contributed by atoms with van der Waals surface area (Å²) in [6.07, 6.45) is 3.11. The molecule has 2 bridgehead atoms. The number of aliphatic hydroxyl groups excluding tert-OH is 1. The van der Waals surface area contributed by atoms with E-state index in [9.17, 15) is 19.5 Å². The summed E-state index contributed by atoms with van der Waals surface area (Å²) in [5, 5.41) is 10.5. The lowest BCUT2D eigenvalue weighted by atomic mass is 9.71. The molecule has 3 heterocycles. The number of thioether (sulfide) groups is 1. The number of likely N-dealkylation sites (tertiary alicyclic amines) is 1. The molecular formula is C27H36N2O5S. The number of carbonyl (C=O) groups excluding carboxylic acids is 3. The summed E-state index contributed by atoms with van der Waals surface area (Å²) in [6.45, 7) is 11.8. The third-order valence-corrected chi connectivity index (χ3v) is 9.56. The van der Waals surface area contributed by atoms with Crippen molar-refractivity contribution in [3.8, 4) is 0 Å². The van der Waals surface area contributed by atoms with E-state index < -0.39 is 34.2 Å². The molecule has 1 N–H and O–H groups in total. The number of carbonyl (C=O) groups is 3. The van der Waals surface area contributed by atoms with Gasteiger partial charge in [-0.05, 0) is 46.1 Å². The van der Waals surface area contributed by atoms with Crippen molar-refractivity contribution < 1.29 is 24.2 Å². The molecule has 3 aliphatic heterocycles. The van der Waals surface area contributed by atoms with Crippen molar-refractivity contribution >= 4 is 29.5 Å². The Kier molecular flexibility index (Phi) is 7.08. The second kappa shape index (κ2) is 9.62. The van der Waals surface area contributed by atoms with Gasteiger partial charge in [0.15, 0.2) is 0 Å². The van der Waals surface area contributed by atoms with Gasteiger partial charge in [-0.3, -0.25) is 14.4 Å². The van der Waals surface area contributed by atoms with Crippen LogP contribution in [-0.4, -0.2) is 74.0 Å². The highest BCUT2D eigenvalue weighted by atomic mass is 32.2. The zero-order valence-electron chi connectivity index (χ0n) is 21.0. The zero-order chi connectivity index (χ0) is 25.5. The van der Waals surface area contributed by atoms with Crippen molar-refractivity contribution in [2.45, 2.75) is 68.2 Å². The molecule has 0 aliphatic carbocycles. The third kappa shape index (κ3) is 4.08. The number of hydrogen-bond donors (Lipinski definition) is 1. The standard InChI is InChI=1S/C27H36N2O5S/c1-6-15-28(26(3,4)5)24(32)22-27-14-13-19(35-27)20(25(33)34-7-2)21(27)23(31)29(22)18(16-30)17-11-9-8-10-12-17/h6,8-12,18-22,30H,1,7,13-16H2,2-5H3/t18-,19+,20-,21+,22?,27?/m1/s1. The first-order valence-corrected chi connectivity index (χ1v) is 13.2. The van der Waals surface area contributed by atoms with Gasteiger partial charge in [0.2, 0.25) is 11.8 Å². The molecule has 3 saturated heterocycles. The van der Waals surface area contributed by atoms with Crippen LogP contribution in [0.15, 0.2) is 43.0 Å². The topological polar surface area (TPSA) is 87.2 Å². The molecule has 0 saturated carbocycles. The van der Waals surface area contributed by atoms with Gasteiger partial charge in [-0.2, -0.15) is 0 Å². The Morgan fingerprint density at radius 3 is 2.60 bits per heavy atom. The average molecular weight is 501 g/mol.